The Kier molecular flexibility index (Phi) is 12.3. The molecule has 3 N–H and O–H groups in total. The third-order valence-corrected chi connectivity index (χ3v) is 15.4. The zero-order valence-electron chi connectivity index (χ0n) is 36.7. The molecule has 2 saturated carbocycles. The summed E-state index contributed by atoms with van der Waals surface area (Å²) in [6.45, 7) is 11.1. The second kappa shape index (κ2) is 18.1. The van der Waals surface area contributed by atoms with Crippen LogP contribution in [-0.4, -0.2) is 89.5 Å². The first-order valence-corrected chi connectivity index (χ1v) is 24.1. The minimum absolute atomic E-state index is 0.0212. The lowest BCUT2D eigenvalue weighted by molar-refractivity contribution is -0.384. The van der Waals surface area contributed by atoms with E-state index in [0.717, 1.165) is 95.3 Å². The van der Waals surface area contributed by atoms with E-state index in [1.165, 1.54) is 23.5 Å². The Hall–Kier alpha value is -5.65. The third-order valence-electron chi connectivity index (χ3n) is 14.1. The number of nitro groups is 1. The first kappa shape index (κ1) is 43.6. The molecule has 338 valence electrons. The molecule has 4 aliphatic rings. The fraction of sp³-hybridized carbons (Fsp3) is 0.489. The van der Waals surface area contributed by atoms with Gasteiger partial charge in [0.2, 0.25) is 5.82 Å². The minimum atomic E-state index is -4.63. The number of hydrogen-bond donors (Lipinski definition) is 3. The summed E-state index contributed by atoms with van der Waals surface area (Å²) in [5, 5.41) is 16.0. The molecule has 4 fully saturated rings. The van der Waals surface area contributed by atoms with Crippen LogP contribution in [0.4, 0.5) is 17.3 Å². The maximum absolute atomic E-state index is 13.9. The van der Waals surface area contributed by atoms with Crippen LogP contribution in [0.5, 0.6) is 11.5 Å². The lowest BCUT2D eigenvalue weighted by Crippen LogP contribution is -2.58. The van der Waals surface area contributed by atoms with E-state index in [2.05, 4.69) is 84.8 Å². The van der Waals surface area contributed by atoms with Gasteiger partial charge in [-0.3, -0.25) is 19.8 Å². The molecule has 1 spiro atoms. The van der Waals surface area contributed by atoms with Gasteiger partial charge in [-0.15, -0.1) is 0 Å². The Labute approximate surface area is 373 Å². The number of hydrogen-bond acceptors (Lipinski definition) is 13. The van der Waals surface area contributed by atoms with Crippen molar-refractivity contribution in [3.05, 3.63) is 100 Å². The number of fused-ring (bicyclic) bond motifs is 1. The summed E-state index contributed by atoms with van der Waals surface area (Å²) in [5.74, 6) is 1.41. The highest BCUT2D eigenvalue weighted by molar-refractivity contribution is 7.90. The molecule has 0 unspecified atom stereocenters. The number of pyridine rings is 3. The van der Waals surface area contributed by atoms with Crippen LogP contribution in [0.3, 0.4) is 0 Å². The van der Waals surface area contributed by atoms with Gasteiger partial charge in [-0.25, -0.2) is 28.1 Å². The molecular formula is C47H57N9O7S. The maximum atomic E-state index is 13.9. The summed E-state index contributed by atoms with van der Waals surface area (Å²) in [5.41, 5.74) is 3.01. The first-order valence-electron chi connectivity index (χ1n) is 22.6. The van der Waals surface area contributed by atoms with Gasteiger partial charge >= 0.3 is 5.69 Å². The zero-order chi connectivity index (χ0) is 44.6. The van der Waals surface area contributed by atoms with Crippen molar-refractivity contribution in [3.8, 4) is 11.5 Å². The minimum Gasteiger partial charge on any atom is -0.455 e. The van der Waals surface area contributed by atoms with E-state index in [0.29, 0.717) is 54.2 Å². The molecule has 5 aromatic rings. The zero-order valence-corrected chi connectivity index (χ0v) is 37.5. The Balaban J connectivity index is 0.901. The molecule has 64 heavy (non-hydrogen) atoms. The number of nitrogens with zero attached hydrogens (tertiary/aromatic N) is 6. The number of anilines is 2. The average Bonchev–Trinajstić information content (AvgIpc) is 3.76. The van der Waals surface area contributed by atoms with Crippen molar-refractivity contribution in [1.82, 2.24) is 29.6 Å². The summed E-state index contributed by atoms with van der Waals surface area (Å²) >= 11 is 0. The quantitative estimate of drug-likeness (QED) is 0.0754. The van der Waals surface area contributed by atoms with Crippen molar-refractivity contribution < 1.29 is 27.6 Å². The molecule has 0 radical (unpaired) electrons. The molecule has 2 aliphatic heterocycles. The van der Waals surface area contributed by atoms with Gasteiger partial charge in [0.15, 0.2) is 0 Å². The van der Waals surface area contributed by atoms with E-state index < -0.39 is 31.4 Å². The standard InChI is InChI=1S/C47H57N9O7S/c1-30(2)37-6-4-5-7-38(37)41-29-62-19-18-55(41)34-23-47(24-34)13-16-54(17-14-47)43-22-42(63-35-20-33-12-15-48-44(33)51-26-35)39(28-49-43)46(57)53-64(60,61)36-21-40(56(58)59)45(52-27-36)50-25-32-10-8-31(3)9-11-32/h4-7,12,15,20-22,26-28,30-32,34,41H,8-11,13-14,16-19,23-25,29H2,1-3H3,(H,48,51)(H,50,52)(H,53,57)/t31-,32+,41-/m0/s1. The Morgan fingerprint density at radius 1 is 1.02 bits per heavy atom. The Morgan fingerprint density at radius 2 is 1.80 bits per heavy atom. The molecule has 1 atom stereocenters. The number of aromatic nitrogens is 4. The van der Waals surface area contributed by atoms with Crippen LogP contribution in [-0.2, 0) is 14.8 Å². The van der Waals surface area contributed by atoms with Gasteiger partial charge in [-0.2, -0.15) is 0 Å². The summed E-state index contributed by atoms with van der Waals surface area (Å²) in [4.78, 5) is 46.0. The predicted octanol–water partition coefficient (Wildman–Crippen LogP) is 8.36. The highest BCUT2D eigenvalue weighted by atomic mass is 32.2. The molecule has 2 saturated heterocycles. The molecule has 1 aromatic carbocycles. The predicted molar refractivity (Wildman–Crippen MR) is 243 cm³/mol. The summed E-state index contributed by atoms with van der Waals surface area (Å²) < 4.78 is 41.8. The molecule has 0 bridgehead atoms. The van der Waals surface area contributed by atoms with Gasteiger partial charge in [0.25, 0.3) is 15.9 Å². The summed E-state index contributed by atoms with van der Waals surface area (Å²) in [6, 6.07) is 15.7. The lowest BCUT2D eigenvalue weighted by Gasteiger charge is -2.57. The van der Waals surface area contributed by atoms with Crippen LogP contribution in [0.2, 0.25) is 0 Å². The number of ether oxygens (including phenoxy) is 2. The Morgan fingerprint density at radius 3 is 2.56 bits per heavy atom. The van der Waals surface area contributed by atoms with Gasteiger partial charge in [0, 0.05) is 62.1 Å². The van der Waals surface area contributed by atoms with Crippen LogP contribution in [0.15, 0.2) is 78.2 Å². The average molecular weight is 892 g/mol. The number of aromatic amines is 1. The molecule has 4 aromatic heterocycles. The van der Waals surface area contributed by atoms with Crippen molar-refractivity contribution in [2.75, 3.05) is 49.6 Å². The maximum Gasteiger partial charge on any atom is 0.312 e. The van der Waals surface area contributed by atoms with Crippen LogP contribution >= 0.6 is 0 Å². The van der Waals surface area contributed by atoms with E-state index in [1.54, 1.807) is 18.3 Å². The number of carbonyl (C=O) groups excluding carboxylic acids is 1. The molecule has 16 nitrogen and oxygen atoms in total. The van der Waals surface area contributed by atoms with Gasteiger partial charge < -0.3 is 24.7 Å². The van der Waals surface area contributed by atoms with E-state index in [-0.39, 0.29) is 28.6 Å². The second-order valence-corrected chi connectivity index (χ2v) is 20.3. The molecular weight excluding hydrogens is 835 g/mol. The molecule has 9 rings (SSSR count). The number of rotatable bonds is 13. The number of piperidine rings is 1. The van der Waals surface area contributed by atoms with Crippen LogP contribution in [0.1, 0.15) is 106 Å². The van der Waals surface area contributed by atoms with Gasteiger partial charge in [0.05, 0.1) is 36.6 Å². The van der Waals surface area contributed by atoms with E-state index in [9.17, 15) is 23.3 Å². The van der Waals surface area contributed by atoms with Gasteiger partial charge in [-0.05, 0) is 85.0 Å². The first-order chi connectivity index (χ1) is 30.8. The topological polar surface area (TPSA) is 198 Å². The number of benzene rings is 1. The molecule has 6 heterocycles. The summed E-state index contributed by atoms with van der Waals surface area (Å²) in [6.07, 6.45) is 14.0. The number of H-pyrrole nitrogens is 1. The lowest BCUT2D eigenvalue weighted by atomic mass is 9.59. The number of nitrogens with one attached hydrogen (secondary N) is 3. The molecule has 1 amide bonds. The number of amides is 1. The van der Waals surface area contributed by atoms with E-state index in [1.807, 2.05) is 6.07 Å². The smallest absolute Gasteiger partial charge is 0.312 e. The fourth-order valence-electron chi connectivity index (χ4n) is 10.3. The largest absolute Gasteiger partial charge is 0.455 e. The number of sulfonamides is 1. The van der Waals surface area contributed by atoms with E-state index in [4.69, 9.17) is 9.47 Å². The van der Waals surface area contributed by atoms with Gasteiger partial charge in [-0.1, -0.05) is 57.9 Å². The normalized spacial score (nSPS) is 21.8. The number of carbonyl (C=O) groups is 1. The van der Waals surface area contributed by atoms with Crippen molar-refractivity contribution in [2.45, 2.75) is 95.0 Å². The van der Waals surface area contributed by atoms with Crippen molar-refractivity contribution in [1.29, 1.82) is 0 Å². The van der Waals surface area contributed by atoms with Crippen molar-refractivity contribution in [2.24, 2.45) is 17.3 Å². The summed E-state index contributed by atoms with van der Waals surface area (Å²) in [7, 11) is -4.63. The van der Waals surface area contributed by atoms with Crippen molar-refractivity contribution in [3.63, 3.8) is 0 Å². The monoisotopic (exact) mass is 891 g/mol. The SMILES string of the molecule is CC(C)c1ccccc1[C@@H]1COCCN1C1CC2(CCN(c3cc(Oc4cnc5[nH]ccc5c4)c(C(=O)NS(=O)(=O)c4cnc(NC[C@H]5CC[C@@H](C)CC5)c([N+](=O)[O-])c4)cn3)CC2)C1. The third kappa shape index (κ3) is 9.15. The second-order valence-electron chi connectivity index (χ2n) is 18.6. The van der Waals surface area contributed by atoms with Crippen LogP contribution in [0, 0.1) is 27.4 Å². The molecule has 17 heteroatoms. The Bertz CT molecular complexity index is 2610. The number of morpholine rings is 1. The van der Waals surface area contributed by atoms with Crippen molar-refractivity contribution >= 4 is 44.3 Å². The van der Waals surface area contributed by atoms with Gasteiger partial charge in [0.1, 0.15) is 33.4 Å². The highest BCUT2D eigenvalue weighted by Gasteiger charge is 2.50. The van der Waals surface area contributed by atoms with E-state index >= 15 is 0 Å². The van der Waals surface area contributed by atoms with Crippen LogP contribution < -0.4 is 19.7 Å². The highest BCUT2D eigenvalue weighted by Crippen LogP contribution is 2.53. The van der Waals surface area contributed by atoms with Crippen LogP contribution in [0.25, 0.3) is 11.0 Å². The fourth-order valence-corrected chi connectivity index (χ4v) is 11.2. The molecule has 2 aliphatic carbocycles.